The van der Waals surface area contributed by atoms with E-state index in [1.165, 1.54) is 11.1 Å². The molecule has 1 heterocycles. The first-order valence-corrected chi connectivity index (χ1v) is 6.66. The summed E-state index contributed by atoms with van der Waals surface area (Å²) < 4.78 is 7.16. The van der Waals surface area contributed by atoms with Crippen LogP contribution in [0.15, 0.2) is 16.6 Å². The first kappa shape index (κ1) is 11.9. The lowest BCUT2D eigenvalue weighted by atomic mass is 10.0. The molecule has 0 saturated carbocycles. The summed E-state index contributed by atoms with van der Waals surface area (Å²) >= 11 is 3.55. The molecular formula is C13H18BrNO. The highest BCUT2D eigenvalue weighted by Crippen LogP contribution is 2.41. The van der Waals surface area contributed by atoms with Crippen molar-refractivity contribution in [2.45, 2.75) is 39.3 Å². The molecule has 2 unspecified atom stereocenters. The number of nitrogens with one attached hydrogen (secondary N) is 1. The maximum Gasteiger partial charge on any atom is 0.127 e. The van der Waals surface area contributed by atoms with E-state index in [1.54, 1.807) is 0 Å². The number of aryl methyl sites for hydroxylation is 1. The molecule has 0 saturated heterocycles. The van der Waals surface area contributed by atoms with Gasteiger partial charge in [-0.1, -0.05) is 29.8 Å². The highest BCUT2D eigenvalue weighted by molar-refractivity contribution is 9.10. The predicted molar refractivity (Wildman–Crippen MR) is 70.0 cm³/mol. The molecule has 2 nitrogen and oxygen atoms in total. The summed E-state index contributed by atoms with van der Waals surface area (Å²) in [5.41, 5.74) is 2.50. The molecule has 0 aliphatic carbocycles. The fourth-order valence-electron chi connectivity index (χ4n) is 2.35. The zero-order valence-electron chi connectivity index (χ0n) is 10.0. The molecule has 2 rings (SSSR count). The van der Waals surface area contributed by atoms with Crippen molar-refractivity contribution in [3.63, 3.8) is 0 Å². The average molecular weight is 284 g/mol. The minimum Gasteiger partial charge on any atom is -0.488 e. The maximum absolute atomic E-state index is 6.02. The van der Waals surface area contributed by atoms with Gasteiger partial charge in [-0.2, -0.15) is 0 Å². The first-order valence-electron chi connectivity index (χ1n) is 5.87. The smallest absolute Gasteiger partial charge is 0.127 e. The van der Waals surface area contributed by atoms with Gasteiger partial charge in [-0.25, -0.2) is 0 Å². The van der Waals surface area contributed by atoms with Crippen LogP contribution in [0.1, 0.15) is 37.4 Å². The van der Waals surface area contributed by atoms with E-state index in [1.807, 2.05) is 0 Å². The molecule has 1 aliphatic heterocycles. The summed E-state index contributed by atoms with van der Waals surface area (Å²) in [6.07, 6.45) is 1.30. The number of rotatable bonds is 3. The van der Waals surface area contributed by atoms with E-state index in [2.05, 4.69) is 54.2 Å². The van der Waals surface area contributed by atoms with Crippen molar-refractivity contribution in [3.05, 3.63) is 27.7 Å². The van der Waals surface area contributed by atoms with Crippen LogP contribution in [0.5, 0.6) is 5.75 Å². The van der Waals surface area contributed by atoms with Crippen molar-refractivity contribution >= 4 is 15.9 Å². The quantitative estimate of drug-likeness (QED) is 0.916. The van der Waals surface area contributed by atoms with Crippen molar-refractivity contribution in [2.75, 3.05) is 6.54 Å². The number of fused-ring (bicyclic) bond motifs is 1. The Balaban J connectivity index is 2.41. The van der Waals surface area contributed by atoms with Crippen LogP contribution in [-0.4, -0.2) is 12.6 Å². The minimum absolute atomic E-state index is 0.267. The number of ether oxygens (including phenoxy) is 1. The van der Waals surface area contributed by atoms with Gasteiger partial charge in [0.05, 0.1) is 6.04 Å². The molecule has 1 aliphatic rings. The summed E-state index contributed by atoms with van der Waals surface area (Å²) in [6, 6.07) is 4.62. The molecule has 0 spiro atoms. The Bertz CT molecular complexity index is 392. The molecule has 1 aromatic rings. The number of hydrogen-bond acceptors (Lipinski definition) is 2. The van der Waals surface area contributed by atoms with Crippen molar-refractivity contribution in [1.29, 1.82) is 0 Å². The first-order chi connectivity index (χ1) is 7.67. The second-order valence-corrected chi connectivity index (χ2v) is 5.16. The molecular weight excluding hydrogens is 266 g/mol. The van der Waals surface area contributed by atoms with E-state index in [4.69, 9.17) is 4.74 Å². The third-order valence-corrected chi connectivity index (χ3v) is 3.53. The zero-order valence-corrected chi connectivity index (χ0v) is 11.6. The Hall–Kier alpha value is -0.540. The maximum atomic E-state index is 6.02. The van der Waals surface area contributed by atoms with Crippen LogP contribution >= 0.6 is 15.9 Å². The molecule has 0 radical (unpaired) electrons. The van der Waals surface area contributed by atoms with Crippen molar-refractivity contribution in [1.82, 2.24) is 5.32 Å². The van der Waals surface area contributed by atoms with Crippen LogP contribution in [0.2, 0.25) is 0 Å². The van der Waals surface area contributed by atoms with Gasteiger partial charge in [0.15, 0.2) is 0 Å². The highest BCUT2D eigenvalue weighted by Gasteiger charge is 2.33. The van der Waals surface area contributed by atoms with Crippen LogP contribution in [0.3, 0.4) is 0 Å². The van der Waals surface area contributed by atoms with Crippen LogP contribution < -0.4 is 10.1 Å². The Kier molecular flexibility index (Phi) is 3.55. The summed E-state index contributed by atoms with van der Waals surface area (Å²) in [5.74, 6) is 1.07. The second kappa shape index (κ2) is 4.76. The summed E-state index contributed by atoms with van der Waals surface area (Å²) in [5, 5.41) is 3.51. The average Bonchev–Trinajstić information content (AvgIpc) is 2.58. The largest absolute Gasteiger partial charge is 0.488 e. The monoisotopic (exact) mass is 283 g/mol. The number of benzene rings is 1. The molecule has 0 bridgehead atoms. The SMILES string of the molecule is CCNC1c2cc(Br)cc(C)c2OC1CC. The molecule has 88 valence electrons. The van der Waals surface area contributed by atoms with Crippen LogP contribution in [0.4, 0.5) is 0 Å². The number of halogens is 1. The zero-order chi connectivity index (χ0) is 11.7. The van der Waals surface area contributed by atoms with E-state index in [-0.39, 0.29) is 6.10 Å². The van der Waals surface area contributed by atoms with E-state index in [9.17, 15) is 0 Å². The van der Waals surface area contributed by atoms with Crippen LogP contribution in [0.25, 0.3) is 0 Å². The fraction of sp³-hybridized carbons (Fsp3) is 0.538. The van der Waals surface area contributed by atoms with Gasteiger partial charge in [-0.3, -0.25) is 0 Å². The molecule has 0 amide bonds. The second-order valence-electron chi connectivity index (χ2n) is 4.24. The molecule has 16 heavy (non-hydrogen) atoms. The Morgan fingerprint density at radius 2 is 2.12 bits per heavy atom. The predicted octanol–water partition coefficient (Wildman–Crippen LogP) is 3.58. The van der Waals surface area contributed by atoms with Gasteiger partial charge in [-0.05, 0) is 37.6 Å². The van der Waals surface area contributed by atoms with Crippen molar-refractivity contribution in [3.8, 4) is 5.75 Å². The van der Waals surface area contributed by atoms with Crippen LogP contribution in [-0.2, 0) is 0 Å². The lowest BCUT2D eigenvalue weighted by Gasteiger charge is -2.17. The van der Waals surface area contributed by atoms with Gasteiger partial charge in [0.25, 0.3) is 0 Å². The fourth-order valence-corrected chi connectivity index (χ4v) is 2.94. The topological polar surface area (TPSA) is 21.3 Å². The number of hydrogen-bond donors (Lipinski definition) is 1. The van der Waals surface area contributed by atoms with E-state index in [0.29, 0.717) is 6.04 Å². The lowest BCUT2D eigenvalue weighted by molar-refractivity contribution is 0.185. The van der Waals surface area contributed by atoms with Gasteiger partial charge in [0, 0.05) is 10.0 Å². The standard InChI is InChI=1S/C13H18BrNO/c1-4-11-12(15-5-2)10-7-9(14)6-8(3)13(10)16-11/h6-7,11-12,15H,4-5H2,1-3H3. The molecule has 2 atom stereocenters. The minimum atomic E-state index is 0.267. The van der Waals surface area contributed by atoms with Gasteiger partial charge in [0.2, 0.25) is 0 Å². The van der Waals surface area contributed by atoms with Gasteiger partial charge < -0.3 is 10.1 Å². The lowest BCUT2D eigenvalue weighted by Crippen LogP contribution is -2.30. The van der Waals surface area contributed by atoms with Crippen molar-refractivity contribution in [2.24, 2.45) is 0 Å². The molecule has 1 aromatic carbocycles. The van der Waals surface area contributed by atoms with Crippen molar-refractivity contribution < 1.29 is 4.74 Å². The third-order valence-electron chi connectivity index (χ3n) is 3.07. The molecule has 3 heteroatoms. The molecule has 0 fully saturated rings. The van der Waals surface area contributed by atoms with E-state index in [0.717, 1.165) is 23.2 Å². The summed E-state index contributed by atoms with van der Waals surface area (Å²) in [7, 11) is 0. The van der Waals surface area contributed by atoms with E-state index < -0.39 is 0 Å². The summed E-state index contributed by atoms with van der Waals surface area (Å²) in [6.45, 7) is 7.38. The Morgan fingerprint density at radius 1 is 1.38 bits per heavy atom. The number of likely N-dealkylation sites (N-methyl/N-ethyl adjacent to an activating group) is 1. The van der Waals surface area contributed by atoms with E-state index >= 15 is 0 Å². The summed E-state index contributed by atoms with van der Waals surface area (Å²) in [4.78, 5) is 0. The Morgan fingerprint density at radius 3 is 2.75 bits per heavy atom. The third kappa shape index (κ3) is 1.98. The molecule has 0 aromatic heterocycles. The van der Waals surface area contributed by atoms with Gasteiger partial charge >= 0.3 is 0 Å². The normalized spacial score (nSPS) is 23.0. The van der Waals surface area contributed by atoms with Gasteiger partial charge in [-0.15, -0.1) is 0 Å². The van der Waals surface area contributed by atoms with Crippen LogP contribution in [0, 0.1) is 6.92 Å². The van der Waals surface area contributed by atoms with Gasteiger partial charge in [0.1, 0.15) is 11.9 Å². The molecule has 1 N–H and O–H groups in total. The highest BCUT2D eigenvalue weighted by atomic mass is 79.9. The Labute approximate surface area is 106 Å².